The molecule has 0 rings (SSSR count). The van der Waals surface area contributed by atoms with Crippen LogP contribution in [-0.4, -0.2) is 26.5 Å². The van der Waals surface area contributed by atoms with Crippen LogP contribution in [0.15, 0.2) is 0 Å². The molecule has 0 spiro atoms. The molecule has 0 aliphatic rings. The Kier molecular flexibility index (Phi) is 8.38. The first-order valence-corrected chi connectivity index (χ1v) is 6.04. The van der Waals surface area contributed by atoms with Gasteiger partial charge in [0.15, 0.2) is 0 Å². The fraction of sp³-hybridized carbons (Fsp3) is 1.00. The monoisotopic (exact) mass is 208 g/mol. The molecule has 0 aromatic carbocycles. The van der Waals surface area contributed by atoms with Gasteiger partial charge in [-0.1, -0.05) is 26.7 Å². The highest BCUT2D eigenvalue weighted by Crippen LogP contribution is 1.95. The van der Waals surface area contributed by atoms with Gasteiger partial charge in [-0.3, -0.25) is 0 Å². The fourth-order valence-electron chi connectivity index (χ4n) is 1.03. The lowest BCUT2D eigenvalue weighted by atomic mass is 10.3. The largest absolute Gasteiger partial charge is 0.231 e. The summed E-state index contributed by atoms with van der Waals surface area (Å²) in [4.78, 5) is 2.44. The molecule has 0 aliphatic carbocycles. The molecule has 0 unspecified atom stereocenters. The molecule has 0 bridgehead atoms. The Hall–Kier alpha value is -0.130. The summed E-state index contributed by atoms with van der Waals surface area (Å²) in [7, 11) is -2.50. The van der Waals surface area contributed by atoms with Gasteiger partial charge in [-0.2, -0.15) is 4.83 Å². The van der Waals surface area contributed by atoms with Gasteiger partial charge in [0.05, 0.1) is 0 Å². The van der Waals surface area contributed by atoms with E-state index in [4.69, 9.17) is 0 Å². The minimum absolute atomic E-state index is 0.805. The molecule has 0 fully saturated rings. The van der Waals surface area contributed by atoms with Gasteiger partial charge in [-0.05, 0) is 12.8 Å². The van der Waals surface area contributed by atoms with E-state index in [-0.39, 0.29) is 0 Å². The van der Waals surface area contributed by atoms with Gasteiger partial charge in [0.25, 0.3) is 0 Å². The highest BCUT2D eigenvalue weighted by atomic mass is 32.2. The quantitative estimate of drug-likeness (QED) is 0.460. The third-order valence-corrected chi connectivity index (χ3v) is 2.23. The summed E-state index contributed by atoms with van der Waals surface area (Å²) in [5.41, 5.74) is 0. The van der Waals surface area contributed by atoms with Crippen molar-refractivity contribution in [2.45, 2.75) is 39.5 Å². The zero-order valence-electron chi connectivity index (χ0n) is 8.45. The maximum Gasteiger partial charge on any atom is 0.214 e. The second kappa shape index (κ2) is 8.47. The molecule has 13 heavy (non-hydrogen) atoms. The molecule has 0 saturated carbocycles. The van der Waals surface area contributed by atoms with Crippen LogP contribution in [0.3, 0.4) is 0 Å². The Bertz CT molecular complexity index is 167. The first-order valence-electron chi connectivity index (χ1n) is 4.86. The molecule has 0 aromatic heterocycles. The second-order valence-corrected chi connectivity index (χ2v) is 3.77. The zero-order chi connectivity index (χ0) is 10.1. The van der Waals surface area contributed by atoms with E-state index < -0.39 is 10.9 Å². The van der Waals surface area contributed by atoms with Crippen molar-refractivity contribution in [2.75, 3.05) is 13.1 Å². The van der Waals surface area contributed by atoms with Gasteiger partial charge in [-0.25, -0.2) is 13.4 Å². The molecule has 0 amide bonds. The van der Waals surface area contributed by atoms with E-state index in [0.717, 1.165) is 38.8 Å². The lowest BCUT2D eigenvalue weighted by molar-refractivity contribution is 0.236. The first kappa shape index (κ1) is 12.9. The van der Waals surface area contributed by atoms with E-state index >= 15 is 0 Å². The third kappa shape index (κ3) is 8.21. The first-order chi connectivity index (χ1) is 6.20. The van der Waals surface area contributed by atoms with E-state index in [1.165, 1.54) is 0 Å². The number of nitrogens with zero attached hydrogens (tertiary/aromatic N) is 1. The van der Waals surface area contributed by atoms with E-state index in [9.17, 15) is 8.42 Å². The molecule has 0 aromatic rings. The Morgan fingerprint density at radius 1 is 1.08 bits per heavy atom. The molecule has 0 atom stereocenters. The summed E-state index contributed by atoms with van der Waals surface area (Å²) in [6, 6.07) is 0. The SMILES string of the molecule is CCCCN(CCCC)N[SH](=O)=O. The number of hydrazine groups is 1. The highest BCUT2D eigenvalue weighted by Gasteiger charge is 2.02. The van der Waals surface area contributed by atoms with Crippen LogP contribution in [0.25, 0.3) is 0 Å². The van der Waals surface area contributed by atoms with Crippen LogP contribution in [0.4, 0.5) is 0 Å². The molecular formula is C8H20N2O2S. The van der Waals surface area contributed by atoms with Crippen LogP contribution in [-0.2, 0) is 10.9 Å². The van der Waals surface area contributed by atoms with Crippen molar-refractivity contribution in [3.63, 3.8) is 0 Å². The van der Waals surface area contributed by atoms with E-state index in [1.807, 2.05) is 0 Å². The topological polar surface area (TPSA) is 49.4 Å². The summed E-state index contributed by atoms with van der Waals surface area (Å²) >= 11 is 0. The minimum Gasteiger partial charge on any atom is -0.231 e. The van der Waals surface area contributed by atoms with Crippen LogP contribution in [0.2, 0.25) is 0 Å². The number of hydrogen-bond donors (Lipinski definition) is 2. The summed E-state index contributed by atoms with van der Waals surface area (Å²) in [6.45, 7) is 5.80. The number of unbranched alkanes of at least 4 members (excludes halogenated alkanes) is 2. The van der Waals surface area contributed by atoms with Crippen LogP contribution >= 0.6 is 0 Å². The third-order valence-electron chi connectivity index (χ3n) is 1.79. The van der Waals surface area contributed by atoms with Crippen molar-refractivity contribution in [1.82, 2.24) is 9.84 Å². The van der Waals surface area contributed by atoms with E-state index in [0.29, 0.717) is 0 Å². The number of hydrogen-bond acceptors (Lipinski definition) is 3. The molecule has 4 nitrogen and oxygen atoms in total. The lowest BCUT2D eigenvalue weighted by Gasteiger charge is -2.18. The summed E-state index contributed by atoms with van der Waals surface area (Å²) in [5, 5.41) is 1.78. The summed E-state index contributed by atoms with van der Waals surface area (Å²) < 4.78 is 20.8. The molecule has 0 heterocycles. The molecule has 0 aliphatic heterocycles. The Morgan fingerprint density at radius 2 is 1.54 bits per heavy atom. The van der Waals surface area contributed by atoms with Gasteiger partial charge < -0.3 is 0 Å². The van der Waals surface area contributed by atoms with Crippen molar-refractivity contribution in [3.8, 4) is 0 Å². The second-order valence-electron chi connectivity index (χ2n) is 3.05. The summed E-state index contributed by atoms with van der Waals surface area (Å²) in [5.74, 6) is 0. The number of rotatable bonds is 8. The normalized spacial score (nSPS) is 11.4. The number of nitrogens with one attached hydrogen (secondary N) is 1. The van der Waals surface area contributed by atoms with Crippen molar-refractivity contribution >= 4 is 10.9 Å². The van der Waals surface area contributed by atoms with Gasteiger partial charge in [0.2, 0.25) is 10.9 Å². The van der Waals surface area contributed by atoms with Gasteiger partial charge in [0, 0.05) is 13.1 Å². The maximum atomic E-state index is 10.4. The molecule has 0 radical (unpaired) electrons. The van der Waals surface area contributed by atoms with Crippen molar-refractivity contribution in [1.29, 1.82) is 0 Å². The van der Waals surface area contributed by atoms with E-state index in [2.05, 4.69) is 18.7 Å². The molecule has 5 heteroatoms. The van der Waals surface area contributed by atoms with E-state index in [1.54, 1.807) is 5.01 Å². The molecule has 80 valence electrons. The Balaban J connectivity index is 3.72. The molecule has 1 N–H and O–H groups in total. The van der Waals surface area contributed by atoms with Crippen LogP contribution < -0.4 is 4.83 Å². The summed E-state index contributed by atoms with van der Waals surface area (Å²) in [6.07, 6.45) is 4.22. The average Bonchev–Trinajstić information content (AvgIpc) is 2.09. The lowest BCUT2D eigenvalue weighted by Crippen LogP contribution is -2.38. The Morgan fingerprint density at radius 3 is 1.85 bits per heavy atom. The highest BCUT2D eigenvalue weighted by molar-refractivity contribution is 7.70. The van der Waals surface area contributed by atoms with Gasteiger partial charge >= 0.3 is 0 Å². The smallest absolute Gasteiger partial charge is 0.214 e. The van der Waals surface area contributed by atoms with Crippen LogP contribution in [0.1, 0.15) is 39.5 Å². The van der Waals surface area contributed by atoms with Crippen molar-refractivity contribution in [2.24, 2.45) is 0 Å². The predicted octanol–water partition coefficient (Wildman–Crippen LogP) is 0.920. The van der Waals surface area contributed by atoms with Crippen LogP contribution in [0, 0.1) is 0 Å². The predicted molar refractivity (Wildman–Crippen MR) is 54.8 cm³/mol. The molecule has 0 saturated heterocycles. The van der Waals surface area contributed by atoms with Crippen molar-refractivity contribution < 1.29 is 8.42 Å². The van der Waals surface area contributed by atoms with Gasteiger partial charge in [0.1, 0.15) is 0 Å². The average molecular weight is 208 g/mol. The molecular weight excluding hydrogens is 188 g/mol. The minimum atomic E-state index is -2.50. The Labute approximate surface area is 82.4 Å². The van der Waals surface area contributed by atoms with Gasteiger partial charge in [-0.15, -0.1) is 0 Å². The fourth-order valence-corrected chi connectivity index (χ4v) is 1.46. The van der Waals surface area contributed by atoms with Crippen LogP contribution in [0.5, 0.6) is 0 Å². The zero-order valence-corrected chi connectivity index (χ0v) is 9.35. The maximum absolute atomic E-state index is 10.4. The number of thiol groups is 1. The van der Waals surface area contributed by atoms with Crippen molar-refractivity contribution in [3.05, 3.63) is 0 Å². The standard InChI is InChI=1S/C8H20N2O2S/c1-3-5-7-10(8-6-4-2)9-13(11)12/h13H,3-8H2,1-2H3,(H,9,11,12).